The van der Waals surface area contributed by atoms with Crippen LogP contribution in [0.25, 0.3) is 16.7 Å². The van der Waals surface area contributed by atoms with Crippen LogP contribution in [0, 0.1) is 5.41 Å². The van der Waals surface area contributed by atoms with Crippen LogP contribution in [0.2, 0.25) is 0 Å². The molecule has 0 bridgehead atoms. The molecule has 5 rings (SSSR count). The Hall–Kier alpha value is -3.93. The molecule has 2 amide bonds. The van der Waals surface area contributed by atoms with Crippen molar-refractivity contribution in [1.29, 1.82) is 0 Å². The van der Waals surface area contributed by atoms with E-state index in [-0.39, 0.29) is 23.6 Å². The van der Waals surface area contributed by atoms with Gasteiger partial charge in [0.05, 0.1) is 17.3 Å². The van der Waals surface area contributed by atoms with Gasteiger partial charge in [0.15, 0.2) is 5.65 Å². The predicted octanol–water partition coefficient (Wildman–Crippen LogP) is 3.34. The number of anilines is 2. The number of nitrogens with one attached hydrogen (secondary N) is 3. The molecule has 1 fully saturated rings. The maximum absolute atomic E-state index is 12.5. The Balaban J connectivity index is 1.40. The molecule has 0 radical (unpaired) electrons. The summed E-state index contributed by atoms with van der Waals surface area (Å²) in [4.78, 5) is 41.9. The molecule has 1 aromatic carbocycles. The van der Waals surface area contributed by atoms with Gasteiger partial charge in [-0.1, -0.05) is 13.0 Å². The molecule has 1 saturated carbocycles. The molecular formula is C24H24BrN9O2. The van der Waals surface area contributed by atoms with E-state index in [0.29, 0.717) is 34.0 Å². The van der Waals surface area contributed by atoms with Gasteiger partial charge in [0, 0.05) is 42.8 Å². The molecule has 0 unspecified atom stereocenters. The molecular weight excluding hydrogens is 526 g/mol. The zero-order chi connectivity index (χ0) is 25.3. The average molecular weight is 550 g/mol. The Morgan fingerprint density at radius 1 is 1.19 bits per heavy atom. The highest BCUT2D eigenvalue weighted by atomic mass is 79.9. The standard InChI is InChI=1S/C24H24BrN9O2/c1-24(22(36)26-2)7-6-15(11-24)31-23-29-12-17-19(25)33-34(20(17)32-23)16-5-3-4-14(10-16)30-21(35)18-13-27-8-9-28-18/h3-5,8-10,12-13,15H,6-7,11H2,1-2H3,(H,26,36)(H,30,35)(H,29,31,32)/t15-,24-/m1/s1. The molecule has 1 aliphatic rings. The third-order valence-electron chi connectivity index (χ3n) is 6.37. The Kier molecular flexibility index (Phi) is 6.35. The minimum absolute atomic E-state index is 0.0523. The minimum atomic E-state index is -0.405. The van der Waals surface area contributed by atoms with Crippen LogP contribution in [0.15, 0.2) is 53.7 Å². The first-order valence-electron chi connectivity index (χ1n) is 11.4. The van der Waals surface area contributed by atoms with E-state index in [2.05, 4.69) is 51.9 Å². The summed E-state index contributed by atoms with van der Waals surface area (Å²) in [5.74, 6) is 0.159. The second-order valence-corrected chi connectivity index (χ2v) is 9.70. The number of aromatic nitrogens is 6. The van der Waals surface area contributed by atoms with Crippen LogP contribution < -0.4 is 16.0 Å². The van der Waals surface area contributed by atoms with E-state index in [1.54, 1.807) is 30.1 Å². The number of amides is 2. The summed E-state index contributed by atoms with van der Waals surface area (Å²) >= 11 is 3.49. The van der Waals surface area contributed by atoms with Crippen molar-refractivity contribution in [2.75, 3.05) is 17.7 Å². The second kappa shape index (κ2) is 9.61. The summed E-state index contributed by atoms with van der Waals surface area (Å²) in [6, 6.07) is 7.36. The van der Waals surface area contributed by atoms with Crippen LogP contribution in [0.5, 0.6) is 0 Å². The van der Waals surface area contributed by atoms with Crippen molar-refractivity contribution < 1.29 is 9.59 Å². The summed E-state index contributed by atoms with van der Waals surface area (Å²) in [7, 11) is 1.67. The van der Waals surface area contributed by atoms with Gasteiger partial charge < -0.3 is 16.0 Å². The number of hydrogen-bond donors (Lipinski definition) is 3. The smallest absolute Gasteiger partial charge is 0.275 e. The van der Waals surface area contributed by atoms with Crippen molar-refractivity contribution in [3.05, 3.63) is 59.3 Å². The zero-order valence-corrected chi connectivity index (χ0v) is 21.3. The van der Waals surface area contributed by atoms with Gasteiger partial charge in [-0.25, -0.2) is 14.6 Å². The highest BCUT2D eigenvalue weighted by Crippen LogP contribution is 2.39. The van der Waals surface area contributed by atoms with Crippen LogP contribution >= 0.6 is 15.9 Å². The van der Waals surface area contributed by atoms with Crippen LogP contribution in [0.4, 0.5) is 11.6 Å². The van der Waals surface area contributed by atoms with Crippen molar-refractivity contribution in [3.63, 3.8) is 0 Å². The third kappa shape index (κ3) is 4.63. The van der Waals surface area contributed by atoms with Crippen molar-refractivity contribution in [1.82, 2.24) is 35.0 Å². The molecule has 2 atom stereocenters. The van der Waals surface area contributed by atoms with Gasteiger partial charge in [0.2, 0.25) is 11.9 Å². The summed E-state index contributed by atoms with van der Waals surface area (Å²) in [6.07, 6.45) is 8.44. The lowest BCUT2D eigenvalue weighted by Gasteiger charge is -2.22. The van der Waals surface area contributed by atoms with E-state index in [4.69, 9.17) is 4.98 Å². The summed E-state index contributed by atoms with van der Waals surface area (Å²) < 4.78 is 2.29. The molecule has 0 spiro atoms. The van der Waals surface area contributed by atoms with E-state index >= 15 is 0 Å². The molecule has 3 heterocycles. The van der Waals surface area contributed by atoms with Crippen molar-refractivity contribution in [3.8, 4) is 5.69 Å². The lowest BCUT2D eigenvalue weighted by molar-refractivity contribution is -0.129. The summed E-state index contributed by atoms with van der Waals surface area (Å²) in [5.41, 5.74) is 1.70. The molecule has 3 N–H and O–H groups in total. The van der Waals surface area contributed by atoms with E-state index in [1.165, 1.54) is 18.6 Å². The number of hydrogen-bond acceptors (Lipinski definition) is 8. The van der Waals surface area contributed by atoms with E-state index in [9.17, 15) is 9.59 Å². The van der Waals surface area contributed by atoms with Crippen LogP contribution in [-0.2, 0) is 4.79 Å². The van der Waals surface area contributed by atoms with E-state index in [0.717, 1.165) is 18.2 Å². The highest BCUT2D eigenvalue weighted by molar-refractivity contribution is 9.10. The zero-order valence-electron chi connectivity index (χ0n) is 19.7. The molecule has 184 valence electrons. The molecule has 0 saturated heterocycles. The number of rotatable bonds is 6. The van der Waals surface area contributed by atoms with Crippen molar-refractivity contribution in [2.24, 2.45) is 5.41 Å². The van der Waals surface area contributed by atoms with Gasteiger partial charge in [0.25, 0.3) is 5.91 Å². The van der Waals surface area contributed by atoms with Gasteiger partial charge in [-0.3, -0.25) is 14.6 Å². The number of fused-ring (bicyclic) bond motifs is 1. The maximum Gasteiger partial charge on any atom is 0.275 e. The highest BCUT2D eigenvalue weighted by Gasteiger charge is 2.41. The predicted molar refractivity (Wildman–Crippen MR) is 138 cm³/mol. The van der Waals surface area contributed by atoms with Crippen LogP contribution in [0.1, 0.15) is 36.7 Å². The normalized spacial score (nSPS) is 19.2. The fraction of sp³-hybridized carbons (Fsp3) is 0.292. The third-order valence-corrected chi connectivity index (χ3v) is 6.96. The summed E-state index contributed by atoms with van der Waals surface area (Å²) in [5, 5.41) is 14.3. The number of halogens is 1. The molecule has 4 aromatic rings. The molecule has 0 aliphatic heterocycles. The molecule has 12 heteroatoms. The number of benzene rings is 1. The fourth-order valence-electron chi connectivity index (χ4n) is 4.50. The first kappa shape index (κ1) is 23.8. The van der Waals surface area contributed by atoms with E-state index in [1.807, 2.05) is 19.1 Å². The number of carbonyl (C=O) groups is 2. The minimum Gasteiger partial charge on any atom is -0.359 e. The summed E-state index contributed by atoms with van der Waals surface area (Å²) in [6.45, 7) is 1.99. The van der Waals surface area contributed by atoms with Gasteiger partial charge >= 0.3 is 0 Å². The molecule has 36 heavy (non-hydrogen) atoms. The quantitative estimate of drug-likeness (QED) is 0.332. The molecule has 1 aliphatic carbocycles. The molecule has 3 aromatic heterocycles. The topological polar surface area (TPSA) is 140 Å². The SMILES string of the molecule is CNC(=O)[C@]1(C)CC[C@@H](Nc2ncc3c(Br)nn(-c4cccc(NC(=O)c5cnccn5)c4)c3n2)C1. The molecule has 11 nitrogen and oxygen atoms in total. The monoisotopic (exact) mass is 549 g/mol. The lowest BCUT2D eigenvalue weighted by atomic mass is 9.87. The first-order chi connectivity index (χ1) is 17.4. The van der Waals surface area contributed by atoms with Gasteiger partial charge in [0.1, 0.15) is 10.3 Å². The largest absolute Gasteiger partial charge is 0.359 e. The number of nitrogens with zero attached hydrogens (tertiary/aromatic N) is 6. The Bertz CT molecular complexity index is 1440. The Morgan fingerprint density at radius 2 is 2.06 bits per heavy atom. The fourth-order valence-corrected chi connectivity index (χ4v) is 4.94. The average Bonchev–Trinajstić information content (AvgIpc) is 3.44. The second-order valence-electron chi connectivity index (χ2n) is 8.95. The van der Waals surface area contributed by atoms with Crippen molar-refractivity contribution in [2.45, 2.75) is 32.2 Å². The Morgan fingerprint density at radius 3 is 2.83 bits per heavy atom. The van der Waals surface area contributed by atoms with Crippen LogP contribution in [-0.4, -0.2) is 54.6 Å². The van der Waals surface area contributed by atoms with Gasteiger partial charge in [-0.15, -0.1) is 0 Å². The van der Waals surface area contributed by atoms with Crippen molar-refractivity contribution >= 4 is 50.4 Å². The first-order valence-corrected chi connectivity index (χ1v) is 12.2. The van der Waals surface area contributed by atoms with Crippen LogP contribution in [0.3, 0.4) is 0 Å². The van der Waals surface area contributed by atoms with Gasteiger partial charge in [-0.2, -0.15) is 10.1 Å². The Labute approximate surface area is 215 Å². The van der Waals surface area contributed by atoms with E-state index < -0.39 is 5.41 Å². The maximum atomic E-state index is 12.5. The number of carbonyl (C=O) groups excluding carboxylic acids is 2. The van der Waals surface area contributed by atoms with Gasteiger partial charge in [-0.05, 0) is 53.4 Å². The lowest BCUT2D eigenvalue weighted by Crippen LogP contribution is -2.35.